The fourth-order valence-electron chi connectivity index (χ4n) is 3.11. The summed E-state index contributed by atoms with van der Waals surface area (Å²) in [5.74, 6) is 0.874. The molecule has 3 aromatic rings. The Kier molecular flexibility index (Phi) is 4.40. The lowest BCUT2D eigenvalue weighted by atomic mass is 10.1. The summed E-state index contributed by atoms with van der Waals surface area (Å²) in [5.41, 5.74) is 1.98. The summed E-state index contributed by atoms with van der Waals surface area (Å²) in [4.78, 5) is 14.7. The van der Waals surface area contributed by atoms with Gasteiger partial charge < -0.3 is 15.0 Å². The lowest BCUT2D eigenvalue weighted by Crippen LogP contribution is -2.41. The molecule has 1 aliphatic heterocycles. The van der Waals surface area contributed by atoms with Crippen LogP contribution in [0.2, 0.25) is 0 Å². The second-order valence-corrected chi connectivity index (χ2v) is 5.91. The quantitative estimate of drug-likeness (QED) is 0.755. The molecule has 4 rings (SSSR count). The maximum Gasteiger partial charge on any atom is 0.139 e. The second-order valence-electron chi connectivity index (χ2n) is 5.91. The van der Waals surface area contributed by atoms with Crippen LogP contribution < -0.4 is 5.32 Å². The fourth-order valence-corrected chi connectivity index (χ4v) is 3.11. The first-order valence-corrected chi connectivity index (χ1v) is 8.31. The number of aromatic nitrogens is 3. The van der Waals surface area contributed by atoms with Gasteiger partial charge in [0.25, 0.3) is 0 Å². The predicted molar refractivity (Wildman–Crippen MR) is 94.0 cm³/mol. The van der Waals surface area contributed by atoms with E-state index in [1.807, 2.05) is 36.7 Å². The van der Waals surface area contributed by atoms with E-state index in [0.29, 0.717) is 0 Å². The largest absolute Gasteiger partial charge is 0.379 e. The molecule has 0 saturated carbocycles. The average Bonchev–Trinajstić information content (AvgIpc) is 3.11. The van der Waals surface area contributed by atoms with E-state index >= 15 is 0 Å². The molecule has 1 saturated heterocycles. The van der Waals surface area contributed by atoms with Gasteiger partial charge in [0.1, 0.15) is 11.5 Å². The fraction of sp³-hybridized carbons (Fsp3) is 0.333. The van der Waals surface area contributed by atoms with Crippen molar-refractivity contribution in [1.82, 2.24) is 19.9 Å². The van der Waals surface area contributed by atoms with Gasteiger partial charge in [-0.1, -0.05) is 6.07 Å². The van der Waals surface area contributed by atoms with E-state index in [0.717, 1.165) is 55.4 Å². The van der Waals surface area contributed by atoms with E-state index in [4.69, 9.17) is 4.74 Å². The van der Waals surface area contributed by atoms with Crippen LogP contribution in [0.15, 0.2) is 48.8 Å². The molecule has 124 valence electrons. The van der Waals surface area contributed by atoms with Crippen LogP contribution in [-0.4, -0.2) is 52.7 Å². The van der Waals surface area contributed by atoms with Gasteiger partial charge in [-0.25, -0.2) is 4.98 Å². The number of ether oxygens (including phenoxy) is 1. The molecule has 0 aliphatic carbocycles. The first-order chi connectivity index (χ1) is 11.9. The first-order valence-electron chi connectivity index (χ1n) is 8.31. The van der Waals surface area contributed by atoms with E-state index in [-0.39, 0.29) is 6.04 Å². The highest BCUT2D eigenvalue weighted by Gasteiger charge is 2.23. The number of anilines is 1. The number of nitrogens with one attached hydrogen (secondary N) is 2. The van der Waals surface area contributed by atoms with Gasteiger partial charge in [0.15, 0.2) is 0 Å². The molecular formula is C18H21N5O. The average molecular weight is 323 g/mol. The van der Waals surface area contributed by atoms with Crippen molar-refractivity contribution in [3.63, 3.8) is 0 Å². The summed E-state index contributed by atoms with van der Waals surface area (Å²) in [6.07, 6.45) is 3.76. The number of nitrogens with zero attached hydrogens (tertiary/aromatic N) is 3. The molecule has 4 heterocycles. The summed E-state index contributed by atoms with van der Waals surface area (Å²) in [5, 5.41) is 4.59. The van der Waals surface area contributed by atoms with Gasteiger partial charge in [0.2, 0.25) is 0 Å². The van der Waals surface area contributed by atoms with E-state index < -0.39 is 0 Å². The molecule has 24 heavy (non-hydrogen) atoms. The third kappa shape index (κ3) is 3.25. The van der Waals surface area contributed by atoms with Crippen molar-refractivity contribution in [2.45, 2.75) is 6.04 Å². The molecule has 0 radical (unpaired) electrons. The number of rotatable bonds is 5. The molecule has 3 aromatic heterocycles. The van der Waals surface area contributed by atoms with Gasteiger partial charge in [-0.15, -0.1) is 0 Å². The van der Waals surface area contributed by atoms with Gasteiger partial charge in [-0.05, 0) is 30.3 Å². The summed E-state index contributed by atoms with van der Waals surface area (Å²) in [6, 6.07) is 12.4. The Balaban J connectivity index is 1.52. The van der Waals surface area contributed by atoms with Gasteiger partial charge in [-0.3, -0.25) is 9.88 Å². The molecule has 1 atom stereocenters. The minimum absolute atomic E-state index is 0.205. The molecule has 0 bridgehead atoms. The maximum atomic E-state index is 5.49. The van der Waals surface area contributed by atoms with Crippen LogP contribution in [0.1, 0.15) is 11.7 Å². The predicted octanol–water partition coefficient (Wildman–Crippen LogP) is 2.44. The molecular weight excluding hydrogens is 302 g/mol. The van der Waals surface area contributed by atoms with Crippen molar-refractivity contribution in [2.75, 3.05) is 38.2 Å². The van der Waals surface area contributed by atoms with Crippen LogP contribution in [-0.2, 0) is 4.74 Å². The number of hydrogen-bond donors (Lipinski definition) is 2. The number of H-pyrrole nitrogens is 1. The number of hydrogen-bond acceptors (Lipinski definition) is 5. The van der Waals surface area contributed by atoms with Crippen LogP contribution in [0.4, 0.5) is 5.82 Å². The van der Waals surface area contributed by atoms with Gasteiger partial charge >= 0.3 is 0 Å². The van der Waals surface area contributed by atoms with E-state index in [1.54, 1.807) is 0 Å². The van der Waals surface area contributed by atoms with E-state index in [1.165, 1.54) is 0 Å². The number of aromatic amines is 1. The highest BCUT2D eigenvalue weighted by Crippen LogP contribution is 2.21. The molecule has 6 heteroatoms. The summed E-state index contributed by atoms with van der Waals surface area (Å²) in [7, 11) is 0. The Bertz CT molecular complexity index is 782. The summed E-state index contributed by atoms with van der Waals surface area (Å²) in [6.45, 7) is 4.15. The molecule has 6 nitrogen and oxygen atoms in total. The smallest absolute Gasteiger partial charge is 0.139 e. The van der Waals surface area contributed by atoms with Crippen LogP contribution in [0.5, 0.6) is 0 Å². The number of morpholine rings is 1. The van der Waals surface area contributed by atoms with Crippen molar-refractivity contribution in [2.24, 2.45) is 0 Å². The zero-order valence-electron chi connectivity index (χ0n) is 13.5. The Labute approximate surface area is 140 Å². The first kappa shape index (κ1) is 15.1. The van der Waals surface area contributed by atoms with Crippen LogP contribution in [0.3, 0.4) is 0 Å². The van der Waals surface area contributed by atoms with Crippen molar-refractivity contribution in [1.29, 1.82) is 0 Å². The van der Waals surface area contributed by atoms with Crippen molar-refractivity contribution < 1.29 is 4.74 Å². The number of fused-ring (bicyclic) bond motifs is 1. The van der Waals surface area contributed by atoms with Gasteiger partial charge in [-0.2, -0.15) is 0 Å². The SMILES string of the molecule is c1ccc(C(CNc2ccc3cc[nH]c3n2)N2CCOCC2)nc1. The van der Waals surface area contributed by atoms with E-state index in [9.17, 15) is 0 Å². The summed E-state index contributed by atoms with van der Waals surface area (Å²) >= 11 is 0. The van der Waals surface area contributed by atoms with Crippen molar-refractivity contribution in [3.8, 4) is 0 Å². The van der Waals surface area contributed by atoms with Gasteiger partial charge in [0.05, 0.1) is 24.9 Å². The molecule has 2 N–H and O–H groups in total. The van der Waals surface area contributed by atoms with Crippen LogP contribution >= 0.6 is 0 Å². The van der Waals surface area contributed by atoms with Crippen LogP contribution in [0.25, 0.3) is 11.0 Å². The lowest BCUT2D eigenvalue weighted by molar-refractivity contribution is 0.0179. The molecule has 1 fully saturated rings. The highest BCUT2D eigenvalue weighted by molar-refractivity contribution is 5.77. The maximum absolute atomic E-state index is 5.49. The highest BCUT2D eigenvalue weighted by atomic mass is 16.5. The standard InChI is InChI=1S/C18H21N5O/c1-2-7-19-15(3-1)16(23-9-11-24-12-10-23)13-21-17-5-4-14-6-8-20-18(14)22-17/h1-8,16H,9-13H2,(H2,20,21,22). The Morgan fingerprint density at radius 2 is 2.08 bits per heavy atom. The normalized spacial score (nSPS) is 17.0. The zero-order chi connectivity index (χ0) is 16.2. The Morgan fingerprint density at radius 1 is 1.17 bits per heavy atom. The minimum Gasteiger partial charge on any atom is -0.379 e. The topological polar surface area (TPSA) is 66.1 Å². The monoisotopic (exact) mass is 323 g/mol. The van der Waals surface area contributed by atoms with Crippen molar-refractivity contribution >= 4 is 16.9 Å². The molecule has 1 unspecified atom stereocenters. The Hall–Kier alpha value is -2.44. The molecule has 0 spiro atoms. The molecule has 0 aromatic carbocycles. The van der Waals surface area contributed by atoms with Gasteiger partial charge in [0, 0.05) is 37.4 Å². The number of pyridine rings is 2. The van der Waals surface area contributed by atoms with Crippen LogP contribution in [0, 0.1) is 0 Å². The third-order valence-electron chi connectivity index (χ3n) is 4.40. The zero-order valence-corrected chi connectivity index (χ0v) is 13.5. The second kappa shape index (κ2) is 6.98. The molecule has 0 amide bonds. The Morgan fingerprint density at radius 3 is 2.92 bits per heavy atom. The molecule has 1 aliphatic rings. The summed E-state index contributed by atoms with van der Waals surface area (Å²) < 4.78 is 5.49. The third-order valence-corrected chi connectivity index (χ3v) is 4.40. The lowest BCUT2D eigenvalue weighted by Gasteiger charge is -2.34. The minimum atomic E-state index is 0.205. The van der Waals surface area contributed by atoms with E-state index in [2.05, 4.69) is 37.3 Å². The van der Waals surface area contributed by atoms with Crippen molar-refractivity contribution in [3.05, 3.63) is 54.5 Å².